The van der Waals surface area contributed by atoms with E-state index < -0.39 is 12.2 Å². The summed E-state index contributed by atoms with van der Waals surface area (Å²) >= 11 is 0. The van der Waals surface area contributed by atoms with Crippen molar-refractivity contribution in [3.8, 4) is 5.95 Å². The van der Waals surface area contributed by atoms with Crippen molar-refractivity contribution in [2.45, 2.75) is 6.43 Å². The van der Waals surface area contributed by atoms with Gasteiger partial charge in [0.15, 0.2) is 5.82 Å². The van der Waals surface area contributed by atoms with Crippen LogP contribution in [0, 0.1) is 0 Å². The highest BCUT2D eigenvalue weighted by molar-refractivity contribution is 5.77. The summed E-state index contributed by atoms with van der Waals surface area (Å²) in [6.07, 6.45) is 0.113. The third-order valence-electron chi connectivity index (χ3n) is 4.82. The molecule has 0 unspecified atom stereocenters. The number of alkyl halides is 2. The molecular weight excluding hydrogens is 422 g/mol. The lowest BCUT2D eigenvalue weighted by atomic mass is 10.3. The fraction of sp³-hybridized carbons (Fsp3) is 0.263. The van der Waals surface area contributed by atoms with Gasteiger partial charge in [-0.05, 0) is 12.1 Å². The van der Waals surface area contributed by atoms with E-state index in [0.29, 0.717) is 49.0 Å². The molecule has 5 rings (SSSR count). The van der Waals surface area contributed by atoms with Gasteiger partial charge < -0.3 is 20.7 Å². The number of hydrogen-bond donors (Lipinski definition) is 2. The highest BCUT2D eigenvalue weighted by Gasteiger charge is 2.24. The van der Waals surface area contributed by atoms with Gasteiger partial charge in [-0.1, -0.05) is 12.1 Å². The number of ether oxygens (including phenoxy) is 1. The molecule has 1 fully saturated rings. The Hall–Kier alpha value is -4.00. The number of aromatic nitrogens is 7. The molecule has 32 heavy (non-hydrogen) atoms. The van der Waals surface area contributed by atoms with Crippen LogP contribution in [0.4, 0.5) is 32.3 Å². The zero-order chi connectivity index (χ0) is 22.1. The summed E-state index contributed by atoms with van der Waals surface area (Å²) in [5, 5.41) is 2.99. The number of nitrogens with one attached hydrogen (secondary N) is 1. The number of benzene rings is 1. The van der Waals surface area contributed by atoms with Gasteiger partial charge >= 0.3 is 0 Å². The van der Waals surface area contributed by atoms with E-state index in [1.165, 1.54) is 17.0 Å². The molecule has 1 aromatic carbocycles. The van der Waals surface area contributed by atoms with E-state index in [4.69, 9.17) is 10.5 Å². The van der Waals surface area contributed by atoms with E-state index in [1.54, 1.807) is 24.3 Å². The molecule has 4 heterocycles. The van der Waals surface area contributed by atoms with Gasteiger partial charge in [0.1, 0.15) is 0 Å². The lowest BCUT2D eigenvalue weighted by Gasteiger charge is -2.27. The molecule has 0 bridgehead atoms. The molecule has 0 amide bonds. The van der Waals surface area contributed by atoms with Gasteiger partial charge in [0.2, 0.25) is 23.8 Å². The first-order valence-corrected chi connectivity index (χ1v) is 9.78. The number of para-hydroxylation sites is 2. The molecule has 1 saturated heterocycles. The largest absolute Gasteiger partial charge is 0.378 e. The Kier molecular flexibility index (Phi) is 5.15. The van der Waals surface area contributed by atoms with Crippen LogP contribution >= 0.6 is 0 Å². The third-order valence-corrected chi connectivity index (χ3v) is 4.82. The molecule has 164 valence electrons. The van der Waals surface area contributed by atoms with E-state index in [-0.39, 0.29) is 17.8 Å². The molecule has 0 radical (unpaired) electrons. The van der Waals surface area contributed by atoms with Crippen molar-refractivity contribution in [2.75, 3.05) is 42.3 Å². The van der Waals surface area contributed by atoms with Crippen LogP contribution in [-0.2, 0) is 4.74 Å². The fourth-order valence-electron chi connectivity index (χ4n) is 3.35. The van der Waals surface area contributed by atoms with Gasteiger partial charge in [0.25, 0.3) is 6.43 Å². The average molecular weight is 440 g/mol. The van der Waals surface area contributed by atoms with Crippen molar-refractivity contribution in [1.82, 2.24) is 34.5 Å². The molecule has 0 spiro atoms. The van der Waals surface area contributed by atoms with Crippen molar-refractivity contribution < 1.29 is 13.5 Å². The average Bonchev–Trinajstić information content (AvgIpc) is 3.21. The summed E-state index contributed by atoms with van der Waals surface area (Å²) in [7, 11) is 0. The van der Waals surface area contributed by atoms with Crippen LogP contribution in [0.15, 0.2) is 36.7 Å². The third kappa shape index (κ3) is 3.85. The molecule has 11 nitrogen and oxygen atoms in total. The monoisotopic (exact) mass is 440 g/mol. The highest BCUT2D eigenvalue weighted by atomic mass is 19.3. The molecule has 0 saturated carbocycles. The molecule has 4 aromatic rings. The van der Waals surface area contributed by atoms with Crippen LogP contribution in [0.25, 0.3) is 17.0 Å². The molecule has 13 heteroatoms. The SMILES string of the molecule is Nc1ncc(Nc2nc(N3CCOCC3)nc(-n3c(C(F)F)nc4ccccc43)n2)cn1. The zero-order valence-corrected chi connectivity index (χ0v) is 16.7. The van der Waals surface area contributed by atoms with Crippen molar-refractivity contribution in [3.63, 3.8) is 0 Å². The summed E-state index contributed by atoms with van der Waals surface area (Å²) in [4.78, 5) is 27.2. The van der Waals surface area contributed by atoms with Crippen LogP contribution in [0.5, 0.6) is 0 Å². The Morgan fingerprint density at radius 1 is 0.969 bits per heavy atom. The summed E-state index contributed by atoms with van der Waals surface area (Å²) < 4.78 is 34.4. The highest BCUT2D eigenvalue weighted by Crippen LogP contribution is 2.28. The summed E-state index contributed by atoms with van der Waals surface area (Å²) in [5.41, 5.74) is 6.89. The van der Waals surface area contributed by atoms with E-state index in [1.807, 2.05) is 4.90 Å². The number of nitrogen functional groups attached to an aromatic ring is 1. The first-order valence-electron chi connectivity index (χ1n) is 9.78. The maximum atomic E-state index is 13.9. The fourth-order valence-corrected chi connectivity index (χ4v) is 3.35. The number of anilines is 4. The number of nitrogens with zero attached hydrogens (tertiary/aromatic N) is 8. The number of imidazole rings is 1. The zero-order valence-electron chi connectivity index (χ0n) is 16.7. The first-order chi connectivity index (χ1) is 15.6. The van der Waals surface area contributed by atoms with Gasteiger partial charge in [-0.3, -0.25) is 4.57 Å². The predicted molar refractivity (Wildman–Crippen MR) is 112 cm³/mol. The number of rotatable bonds is 5. The standard InChI is InChI=1S/C19H18F2N10O/c20-14(21)15-26-12-3-1-2-4-13(12)31(15)19-28-17(25-11-9-23-16(22)24-10-11)27-18(29-19)30-5-7-32-8-6-30/h1-4,9-10,14H,5-8H2,(H2,22,23,24)(H,25,27,28,29). The van der Waals surface area contributed by atoms with E-state index in [0.717, 1.165) is 0 Å². The smallest absolute Gasteiger partial charge is 0.296 e. The van der Waals surface area contributed by atoms with Crippen LogP contribution in [0.1, 0.15) is 12.2 Å². The number of nitrogens with two attached hydrogens (primary N) is 1. The van der Waals surface area contributed by atoms with Gasteiger partial charge in [0, 0.05) is 13.1 Å². The maximum Gasteiger partial charge on any atom is 0.296 e. The lowest BCUT2D eigenvalue weighted by Crippen LogP contribution is -2.37. The Balaban J connectivity index is 1.65. The van der Waals surface area contributed by atoms with Crippen LogP contribution in [-0.4, -0.2) is 60.8 Å². The summed E-state index contributed by atoms with van der Waals surface area (Å²) in [6, 6.07) is 6.82. The molecule has 1 aliphatic heterocycles. The molecule has 3 N–H and O–H groups in total. The van der Waals surface area contributed by atoms with Crippen molar-refractivity contribution >= 4 is 34.6 Å². The minimum atomic E-state index is -2.83. The summed E-state index contributed by atoms with van der Waals surface area (Å²) in [6.45, 7) is 2.12. The van der Waals surface area contributed by atoms with Gasteiger partial charge in [-0.15, -0.1) is 0 Å². The van der Waals surface area contributed by atoms with Crippen LogP contribution in [0.3, 0.4) is 0 Å². The van der Waals surface area contributed by atoms with E-state index in [9.17, 15) is 8.78 Å². The Labute approximate surface area is 180 Å². The van der Waals surface area contributed by atoms with Crippen molar-refractivity contribution in [2.24, 2.45) is 0 Å². The van der Waals surface area contributed by atoms with Crippen LogP contribution in [0.2, 0.25) is 0 Å². The minimum Gasteiger partial charge on any atom is -0.378 e. The Morgan fingerprint density at radius 3 is 2.44 bits per heavy atom. The lowest BCUT2D eigenvalue weighted by molar-refractivity contribution is 0.122. The molecule has 3 aromatic heterocycles. The van der Waals surface area contributed by atoms with E-state index >= 15 is 0 Å². The van der Waals surface area contributed by atoms with Crippen molar-refractivity contribution in [1.29, 1.82) is 0 Å². The molecule has 0 atom stereocenters. The molecular formula is C19H18F2N10O. The number of morpholine rings is 1. The van der Waals surface area contributed by atoms with E-state index in [2.05, 4.69) is 35.2 Å². The topological polar surface area (TPSA) is 133 Å². The molecule has 0 aliphatic carbocycles. The normalized spacial score (nSPS) is 14.3. The van der Waals surface area contributed by atoms with Crippen molar-refractivity contribution in [3.05, 3.63) is 42.5 Å². The van der Waals surface area contributed by atoms with Gasteiger partial charge in [-0.2, -0.15) is 15.0 Å². The Bertz CT molecular complexity index is 1240. The summed E-state index contributed by atoms with van der Waals surface area (Å²) in [5.74, 6) is 0.154. The number of fused-ring (bicyclic) bond motifs is 1. The second-order valence-electron chi connectivity index (χ2n) is 6.91. The quantitative estimate of drug-likeness (QED) is 0.475. The maximum absolute atomic E-state index is 13.9. The van der Waals surface area contributed by atoms with Gasteiger partial charge in [0.05, 0.1) is 42.3 Å². The molecule has 1 aliphatic rings. The first kappa shape index (κ1) is 19.9. The van der Waals surface area contributed by atoms with Crippen LogP contribution < -0.4 is 16.0 Å². The number of halogens is 2. The Morgan fingerprint density at radius 2 is 1.69 bits per heavy atom. The number of hydrogen-bond acceptors (Lipinski definition) is 10. The predicted octanol–water partition coefficient (Wildman–Crippen LogP) is 2.10. The van der Waals surface area contributed by atoms with Gasteiger partial charge in [-0.25, -0.2) is 23.7 Å². The minimum absolute atomic E-state index is 0.0179. The second-order valence-corrected chi connectivity index (χ2v) is 6.91. The second kappa shape index (κ2) is 8.26.